The van der Waals surface area contributed by atoms with Crippen molar-refractivity contribution in [2.45, 2.75) is 11.8 Å². The summed E-state index contributed by atoms with van der Waals surface area (Å²) in [6.07, 6.45) is -0.438. The highest BCUT2D eigenvalue weighted by Crippen LogP contribution is 2.22. The van der Waals surface area contributed by atoms with E-state index in [2.05, 4.69) is 4.74 Å². The highest BCUT2D eigenvalue weighted by Gasteiger charge is 2.30. The summed E-state index contributed by atoms with van der Waals surface area (Å²) in [5, 5.41) is 0. The Morgan fingerprint density at radius 2 is 1.86 bits per heavy atom. The van der Waals surface area contributed by atoms with Gasteiger partial charge in [0.15, 0.2) is 0 Å². The first kappa shape index (κ1) is 15.6. The largest absolute Gasteiger partial charge is 0.453 e. The number of methoxy groups -OCH3 is 1. The summed E-state index contributed by atoms with van der Waals surface area (Å²) in [5.41, 5.74) is 7.06. The SMILES string of the molecule is COC(=O)N1CCN(S(=O)(=O)c2ccc(C)c(N)c2)CC1. The lowest BCUT2D eigenvalue weighted by Gasteiger charge is -2.33. The molecule has 1 aromatic rings. The van der Waals surface area contributed by atoms with Crippen LogP contribution in [0.15, 0.2) is 23.1 Å². The van der Waals surface area contributed by atoms with Gasteiger partial charge >= 0.3 is 6.09 Å². The maximum absolute atomic E-state index is 12.5. The number of nitrogens with zero attached hydrogens (tertiary/aromatic N) is 2. The molecule has 1 fully saturated rings. The molecule has 0 aliphatic carbocycles. The van der Waals surface area contributed by atoms with Crippen LogP contribution in [0.3, 0.4) is 0 Å². The van der Waals surface area contributed by atoms with Crippen molar-refractivity contribution in [1.82, 2.24) is 9.21 Å². The van der Waals surface area contributed by atoms with Crippen LogP contribution in [0.4, 0.5) is 10.5 Å². The zero-order valence-electron chi connectivity index (χ0n) is 12.1. The lowest BCUT2D eigenvalue weighted by molar-refractivity contribution is 0.108. The minimum absolute atomic E-state index is 0.178. The average molecular weight is 313 g/mol. The Kier molecular flexibility index (Phi) is 4.38. The number of carbonyl (C=O) groups excluding carboxylic acids is 1. The second kappa shape index (κ2) is 5.90. The van der Waals surface area contributed by atoms with E-state index in [0.717, 1.165) is 5.56 Å². The van der Waals surface area contributed by atoms with Crippen LogP contribution in [0.2, 0.25) is 0 Å². The van der Waals surface area contributed by atoms with Gasteiger partial charge in [-0.2, -0.15) is 4.31 Å². The number of sulfonamides is 1. The summed E-state index contributed by atoms with van der Waals surface area (Å²) in [6, 6.07) is 4.71. The Bertz CT molecular complexity index is 637. The van der Waals surface area contributed by atoms with Gasteiger partial charge in [0.05, 0.1) is 12.0 Å². The highest BCUT2D eigenvalue weighted by atomic mass is 32.2. The highest BCUT2D eigenvalue weighted by molar-refractivity contribution is 7.89. The molecule has 0 aromatic heterocycles. The molecule has 1 amide bonds. The van der Waals surface area contributed by atoms with Gasteiger partial charge in [-0.25, -0.2) is 13.2 Å². The fourth-order valence-corrected chi connectivity index (χ4v) is 3.63. The van der Waals surface area contributed by atoms with Gasteiger partial charge in [0.2, 0.25) is 10.0 Å². The van der Waals surface area contributed by atoms with Gasteiger partial charge in [0.25, 0.3) is 0 Å². The number of aryl methyl sites for hydroxylation is 1. The zero-order valence-corrected chi connectivity index (χ0v) is 12.9. The molecule has 1 heterocycles. The molecule has 0 bridgehead atoms. The van der Waals surface area contributed by atoms with Gasteiger partial charge in [0.1, 0.15) is 0 Å². The van der Waals surface area contributed by atoms with Crippen molar-refractivity contribution >= 4 is 21.8 Å². The number of nitrogen functional groups attached to an aromatic ring is 1. The number of piperazine rings is 1. The molecule has 0 spiro atoms. The lowest BCUT2D eigenvalue weighted by atomic mass is 10.2. The van der Waals surface area contributed by atoms with E-state index in [1.54, 1.807) is 12.1 Å². The first-order chi connectivity index (χ1) is 9.86. The Balaban J connectivity index is 2.14. The number of nitrogens with two attached hydrogens (primary N) is 1. The summed E-state index contributed by atoms with van der Waals surface area (Å²) >= 11 is 0. The Labute approximate surface area is 124 Å². The standard InChI is InChI=1S/C13H19N3O4S/c1-10-3-4-11(9-12(10)14)21(18,19)16-7-5-15(6-8-16)13(17)20-2/h3-4,9H,5-8,14H2,1-2H3. The number of hydrogen-bond donors (Lipinski definition) is 1. The van der Waals surface area contributed by atoms with Crippen LogP contribution in [-0.4, -0.2) is 57.0 Å². The first-order valence-electron chi connectivity index (χ1n) is 6.55. The summed E-state index contributed by atoms with van der Waals surface area (Å²) in [7, 11) is -2.28. The van der Waals surface area contributed by atoms with Crippen LogP contribution in [0.5, 0.6) is 0 Å². The molecule has 8 heteroatoms. The van der Waals surface area contributed by atoms with Crippen molar-refractivity contribution < 1.29 is 17.9 Å². The van der Waals surface area contributed by atoms with Gasteiger partial charge in [-0.05, 0) is 24.6 Å². The third-order valence-electron chi connectivity index (χ3n) is 3.56. The van der Waals surface area contributed by atoms with E-state index in [-0.39, 0.29) is 18.0 Å². The van der Waals surface area contributed by atoms with E-state index in [9.17, 15) is 13.2 Å². The predicted octanol–water partition coefficient (Wildman–Crippen LogP) is 0.650. The fourth-order valence-electron chi connectivity index (χ4n) is 2.17. The van der Waals surface area contributed by atoms with E-state index in [4.69, 9.17) is 5.73 Å². The van der Waals surface area contributed by atoms with Crippen molar-refractivity contribution in [2.24, 2.45) is 0 Å². The van der Waals surface area contributed by atoms with Gasteiger partial charge in [-0.15, -0.1) is 0 Å². The molecule has 2 N–H and O–H groups in total. The van der Waals surface area contributed by atoms with Gasteiger partial charge in [-0.3, -0.25) is 0 Å². The quantitative estimate of drug-likeness (QED) is 0.809. The predicted molar refractivity (Wildman–Crippen MR) is 78.3 cm³/mol. The normalized spacial score (nSPS) is 16.8. The van der Waals surface area contributed by atoms with Crippen molar-refractivity contribution in [3.05, 3.63) is 23.8 Å². The molecule has 1 aromatic carbocycles. The maximum Gasteiger partial charge on any atom is 0.409 e. The van der Waals surface area contributed by atoms with Gasteiger partial charge in [0, 0.05) is 31.9 Å². The summed E-state index contributed by atoms with van der Waals surface area (Å²) in [5.74, 6) is 0. The van der Waals surface area contributed by atoms with E-state index in [1.807, 2.05) is 6.92 Å². The molecule has 1 aliphatic rings. The van der Waals surface area contributed by atoms with E-state index in [0.29, 0.717) is 18.8 Å². The minimum Gasteiger partial charge on any atom is -0.453 e. The topological polar surface area (TPSA) is 92.9 Å². The number of rotatable bonds is 2. The second-order valence-corrected chi connectivity index (χ2v) is 6.82. The van der Waals surface area contributed by atoms with Crippen LogP contribution < -0.4 is 5.73 Å². The van der Waals surface area contributed by atoms with Crippen LogP contribution in [0.25, 0.3) is 0 Å². The monoisotopic (exact) mass is 313 g/mol. The van der Waals surface area contributed by atoms with Crippen LogP contribution in [-0.2, 0) is 14.8 Å². The minimum atomic E-state index is -3.58. The van der Waals surface area contributed by atoms with E-state index >= 15 is 0 Å². The molecule has 0 atom stereocenters. The van der Waals surface area contributed by atoms with Crippen molar-refractivity contribution in [3.8, 4) is 0 Å². The van der Waals surface area contributed by atoms with Gasteiger partial charge < -0.3 is 15.4 Å². The first-order valence-corrected chi connectivity index (χ1v) is 7.99. The molecule has 1 saturated heterocycles. The fraction of sp³-hybridized carbons (Fsp3) is 0.462. The molecule has 21 heavy (non-hydrogen) atoms. The number of benzene rings is 1. The zero-order chi connectivity index (χ0) is 15.6. The maximum atomic E-state index is 12.5. The second-order valence-electron chi connectivity index (χ2n) is 4.88. The average Bonchev–Trinajstić information content (AvgIpc) is 2.49. The van der Waals surface area contributed by atoms with Crippen LogP contribution >= 0.6 is 0 Å². The molecule has 0 saturated carbocycles. The summed E-state index contributed by atoms with van der Waals surface area (Å²) in [6.45, 7) is 2.93. The Morgan fingerprint density at radius 1 is 1.24 bits per heavy atom. The van der Waals surface area contributed by atoms with Crippen molar-refractivity contribution in [2.75, 3.05) is 39.0 Å². The third kappa shape index (κ3) is 3.11. The molecular weight excluding hydrogens is 294 g/mol. The molecule has 1 aliphatic heterocycles. The van der Waals surface area contributed by atoms with Crippen molar-refractivity contribution in [1.29, 1.82) is 0 Å². The summed E-state index contributed by atoms with van der Waals surface area (Å²) in [4.78, 5) is 13.1. The summed E-state index contributed by atoms with van der Waals surface area (Å²) < 4.78 is 31.0. The molecule has 0 radical (unpaired) electrons. The number of amides is 1. The molecule has 0 unspecified atom stereocenters. The van der Waals surface area contributed by atoms with E-state index in [1.165, 1.54) is 22.4 Å². The number of ether oxygens (including phenoxy) is 1. The Morgan fingerprint density at radius 3 is 2.38 bits per heavy atom. The van der Waals surface area contributed by atoms with E-state index < -0.39 is 16.1 Å². The van der Waals surface area contributed by atoms with Crippen LogP contribution in [0.1, 0.15) is 5.56 Å². The smallest absolute Gasteiger partial charge is 0.409 e. The molecular formula is C13H19N3O4S. The van der Waals surface area contributed by atoms with Crippen molar-refractivity contribution in [3.63, 3.8) is 0 Å². The Hall–Kier alpha value is -1.80. The number of carbonyl (C=O) groups is 1. The third-order valence-corrected chi connectivity index (χ3v) is 5.45. The lowest BCUT2D eigenvalue weighted by Crippen LogP contribution is -2.50. The molecule has 116 valence electrons. The molecule has 7 nitrogen and oxygen atoms in total. The van der Waals surface area contributed by atoms with Crippen LogP contribution in [0, 0.1) is 6.92 Å². The molecule has 2 rings (SSSR count). The number of hydrogen-bond acceptors (Lipinski definition) is 5. The number of anilines is 1. The van der Waals surface area contributed by atoms with Gasteiger partial charge in [-0.1, -0.05) is 6.07 Å².